The number of fused-ring (bicyclic) bond motifs is 2. The topological polar surface area (TPSA) is 79.3 Å². The highest BCUT2D eigenvalue weighted by Crippen LogP contribution is 2.42. The number of likely N-dealkylation sites (N-methyl/N-ethyl adjacent to an activating group) is 1. The molecule has 9 heteroatoms. The lowest BCUT2D eigenvalue weighted by molar-refractivity contribution is -0.124. The molecular formula is C30H38N8O. The molecule has 2 saturated heterocycles. The average molecular weight is 527 g/mol. The van der Waals surface area contributed by atoms with Gasteiger partial charge in [-0.3, -0.25) is 4.79 Å². The minimum Gasteiger partial charge on any atom is -0.369 e. The van der Waals surface area contributed by atoms with Crippen LogP contribution in [0.5, 0.6) is 0 Å². The first kappa shape index (κ1) is 25.4. The molecule has 1 aromatic heterocycles. The maximum absolute atomic E-state index is 13.5. The highest BCUT2D eigenvalue weighted by molar-refractivity contribution is 6.05. The van der Waals surface area contributed by atoms with Crippen LogP contribution in [-0.4, -0.2) is 72.2 Å². The van der Waals surface area contributed by atoms with Crippen LogP contribution in [-0.2, 0) is 11.2 Å². The molecule has 2 aromatic rings. The molecular weight excluding hydrogens is 488 g/mol. The summed E-state index contributed by atoms with van der Waals surface area (Å²) in [5.41, 5.74) is 4.21. The van der Waals surface area contributed by atoms with E-state index in [9.17, 15) is 4.79 Å². The highest BCUT2D eigenvalue weighted by Gasteiger charge is 2.53. The second kappa shape index (κ2) is 10.0. The zero-order valence-electron chi connectivity index (χ0n) is 23.2. The number of nitrogens with zero attached hydrogens (tertiary/aromatic N) is 6. The first-order chi connectivity index (χ1) is 18.9. The van der Waals surface area contributed by atoms with E-state index in [1.807, 2.05) is 18.0 Å². The van der Waals surface area contributed by atoms with Crippen molar-refractivity contribution in [2.45, 2.75) is 44.7 Å². The van der Waals surface area contributed by atoms with Crippen LogP contribution >= 0.6 is 0 Å². The SMILES string of the molecule is C=CCN1C(=O)C2=CNC(Nc3ccc(N4CCN(C)CC4)cc3)=NC2(C)N1c1ccc2c(n1)C(C)CCC2. The molecule has 1 amide bonds. The number of guanidine groups is 1. The Morgan fingerprint density at radius 1 is 1.15 bits per heavy atom. The quantitative estimate of drug-likeness (QED) is 0.576. The molecule has 1 aromatic carbocycles. The van der Waals surface area contributed by atoms with E-state index in [1.165, 1.54) is 17.7 Å². The van der Waals surface area contributed by atoms with Crippen molar-refractivity contribution < 1.29 is 4.79 Å². The summed E-state index contributed by atoms with van der Waals surface area (Å²) in [5, 5.41) is 10.3. The number of hydrogen-bond donors (Lipinski definition) is 2. The number of carbonyl (C=O) groups excluding carboxylic acids is 1. The maximum atomic E-state index is 13.5. The van der Waals surface area contributed by atoms with Gasteiger partial charge in [0.2, 0.25) is 5.96 Å². The average Bonchev–Trinajstić information content (AvgIpc) is 3.15. The number of aryl methyl sites for hydroxylation is 1. The molecule has 2 atom stereocenters. The van der Waals surface area contributed by atoms with Crippen molar-refractivity contribution >= 4 is 29.1 Å². The number of amides is 1. The molecule has 0 bridgehead atoms. The van der Waals surface area contributed by atoms with Gasteiger partial charge in [-0.1, -0.05) is 19.1 Å². The number of nitrogens with one attached hydrogen (secondary N) is 2. The molecule has 0 saturated carbocycles. The molecule has 2 unspecified atom stereocenters. The van der Waals surface area contributed by atoms with Crippen molar-refractivity contribution in [3.8, 4) is 0 Å². The molecule has 204 valence electrons. The lowest BCUT2D eigenvalue weighted by Crippen LogP contribution is -2.51. The predicted molar refractivity (Wildman–Crippen MR) is 157 cm³/mol. The van der Waals surface area contributed by atoms with Gasteiger partial charge in [0.15, 0.2) is 5.66 Å². The first-order valence-electron chi connectivity index (χ1n) is 14.0. The molecule has 6 rings (SSSR count). The van der Waals surface area contributed by atoms with Crippen molar-refractivity contribution in [1.82, 2.24) is 20.2 Å². The van der Waals surface area contributed by atoms with E-state index < -0.39 is 5.66 Å². The number of anilines is 3. The van der Waals surface area contributed by atoms with E-state index in [0.29, 0.717) is 24.0 Å². The summed E-state index contributed by atoms with van der Waals surface area (Å²) in [6.45, 7) is 12.7. The Morgan fingerprint density at radius 3 is 2.67 bits per heavy atom. The van der Waals surface area contributed by atoms with Gasteiger partial charge in [-0.05, 0) is 75.0 Å². The van der Waals surface area contributed by atoms with Gasteiger partial charge < -0.3 is 20.4 Å². The zero-order chi connectivity index (χ0) is 27.1. The Balaban J connectivity index is 1.29. The van der Waals surface area contributed by atoms with Crippen molar-refractivity contribution in [3.63, 3.8) is 0 Å². The number of rotatable bonds is 5. The van der Waals surface area contributed by atoms with Crippen molar-refractivity contribution in [3.05, 3.63) is 72.1 Å². The molecule has 2 N–H and O–H groups in total. The van der Waals surface area contributed by atoms with Crippen LogP contribution in [0.1, 0.15) is 43.9 Å². The summed E-state index contributed by atoms with van der Waals surface area (Å²) in [5.74, 6) is 1.60. The van der Waals surface area contributed by atoms with Crippen molar-refractivity contribution in [1.29, 1.82) is 0 Å². The minimum atomic E-state index is -0.952. The monoisotopic (exact) mass is 526 g/mol. The summed E-state index contributed by atoms with van der Waals surface area (Å²) in [6, 6.07) is 12.6. The summed E-state index contributed by atoms with van der Waals surface area (Å²) in [7, 11) is 2.17. The Hall–Kier alpha value is -3.85. The highest BCUT2D eigenvalue weighted by atomic mass is 16.2. The van der Waals surface area contributed by atoms with Gasteiger partial charge in [0.05, 0.1) is 12.1 Å². The van der Waals surface area contributed by atoms with E-state index in [1.54, 1.807) is 17.3 Å². The predicted octanol–water partition coefficient (Wildman–Crippen LogP) is 3.69. The zero-order valence-corrected chi connectivity index (χ0v) is 23.2. The molecule has 2 fully saturated rings. The number of pyridine rings is 1. The fraction of sp³-hybridized carbons (Fsp3) is 0.433. The number of hydrogen-bond acceptors (Lipinski definition) is 8. The number of hydrazine groups is 1. The number of piperazine rings is 1. The second-order valence-electron chi connectivity index (χ2n) is 11.1. The van der Waals surface area contributed by atoms with E-state index in [4.69, 9.17) is 9.98 Å². The minimum absolute atomic E-state index is 0.100. The van der Waals surface area contributed by atoms with Gasteiger partial charge in [-0.2, -0.15) is 0 Å². The Morgan fingerprint density at radius 2 is 1.92 bits per heavy atom. The molecule has 9 nitrogen and oxygen atoms in total. The number of aromatic nitrogens is 1. The molecule has 3 aliphatic heterocycles. The van der Waals surface area contributed by atoms with E-state index in [2.05, 4.69) is 71.3 Å². The van der Waals surface area contributed by atoms with Crippen molar-refractivity contribution in [2.24, 2.45) is 4.99 Å². The summed E-state index contributed by atoms with van der Waals surface area (Å²) in [4.78, 5) is 28.5. The van der Waals surface area contributed by atoms with Gasteiger partial charge in [0.1, 0.15) is 5.82 Å². The van der Waals surface area contributed by atoms with Crippen LogP contribution in [0.3, 0.4) is 0 Å². The van der Waals surface area contributed by atoms with Gasteiger partial charge in [-0.15, -0.1) is 6.58 Å². The molecule has 4 aliphatic rings. The third-order valence-electron chi connectivity index (χ3n) is 8.38. The van der Waals surface area contributed by atoms with Crippen molar-refractivity contribution in [2.75, 3.05) is 55.0 Å². The van der Waals surface area contributed by atoms with Gasteiger partial charge in [0.25, 0.3) is 5.91 Å². The van der Waals surface area contributed by atoms with Gasteiger partial charge in [0, 0.05) is 49.4 Å². The fourth-order valence-corrected chi connectivity index (χ4v) is 6.12. The molecule has 1 aliphatic carbocycles. The first-order valence-corrected chi connectivity index (χ1v) is 14.0. The standard InChI is InChI=1S/C30H38N8O/c1-5-15-37-28(39)25-20-31-29(32-23-10-12-24(13-11-23)36-18-16-35(4)17-19-36)34-30(25,3)38(37)26-14-9-22-8-6-7-21(2)27(22)33-26/h5,9-14,20-21H,1,6-8,15-19H2,2-4H3,(H2,31,32,34). The Bertz CT molecular complexity index is 1330. The maximum Gasteiger partial charge on any atom is 0.274 e. The van der Waals surface area contributed by atoms with Crippen LogP contribution in [0.25, 0.3) is 0 Å². The van der Waals surface area contributed by atoms with Crippen LogP contribution in [0, 0.1) is 0 Å². The molecule has 39 heavy (non-hydrogen) atoms. The van der Waals surface area contributed by atoms with Crippen LogP contribution in [0.4, 0.5) is 17.2 Å². The Kier molecular flexibility index (Phi) is 6.54. The van der Waals surface area contributed by atoms with Crippen LogP contribution in [0.15, 0.2) is 65.8 Å². The summed E-state index contributed by atoms with van der Waals surface area (Å²) < 4.78 is 0. The van der Waals surface area contributed by atoms with Crippen LogP contribution < -0.4 is 20.5 Å². The third kappa shape index (κ3) is 4.54. The molecule has 4 heterocycles. The molecule has 0 spiro atoms. The fourth-order valence-electron chi connectivity index (χ4n) is 6.12. The van der Waals surface area contributed by atoms with E-state index in [-0.39, 0.29) is 5.91 Å². The lowest BCUT2D eigenvalue weighted by Gasteiger charge is -2.38. The largest absolute Gasteiger partial charge is 0.369 e. The lowest BCUT2D eigenvalue weighted by atomic mass is 9.88. The second-order valence-corrected chi connectivity index (χ2v) is 11.1. The normalized spacial score (nSPS) is 24.9. The van der Waals surface area contributed by atoms with E-state index in [0.717, 1.165) is 56.2 Å². The molecule has 0 radical (unpaired) electrons. The Labute approximate surface area is 230 Å². The third-order valence-corrected chi connectivity index (χ3v) is 8.38. The van der Waals surface area contributed by atoms with Gasteiger partial charge >= 0.3 is 0 Å². The smallest absolute Gasteiger partial charge is 0.274 e. The van der Waals surface area contributed by atoms with Gasteiger partial charge in [-0.25, -0.2) is 20.0 Å². The summed E-state index contributed by atoms with van der Waals surface area (Å²) in [6.07, 6.45) is 6.88. The summed E-state index contributed by atoms with van der Waals surface area (Å²) >= 11 is 0. The number of carbonyl (C=O) groups is 1. The number of aliphatic imine (C=N–C) groups is 1. The van der Waals surface area contributed by atoms with E-state index >= 15 is 0 Å². The van der Waals surface area contributed by atoms with Crippen LogP contribution in [0.2, 0.25) is 0 Å². The number of benzene rings is 1.